The van der Waals surface area contributed by atoms with E-state index in [1.807, 2.05) is 0 Å². The maximum Gasteiger partial charge on any atom is 0.0684 e. The molecule has 1 aliphatic rings. The second-order valence-corrected chi connectivity index (χ2v) is 4.82. The van der Waals surface area contributed by atoms with Crippen molar-refractivity contribution in [1.82, 2.24) is 5.32 Å². The zero-order valence-electron chi connectivity index (χ0n) is 8.38. The molecule has 1 nitrogen and oxygen atoms in total. The molecule has 74 valence electrons. The summed E-state index contributed by atoms with van der Waals surface area (Å²) >= 11 is 2.08. The molecule has 1 N–H and O–H groups in total. The van der Waals surface area contributed by atoms with Gasteiger partial charge >= 0.3 is 0 Å². The molecule has 1 atom stereocenters. The highest BCUT2D eigenvalue weighted by atomic mass is 32.2. The largest absolute Gasteiger partial charge is 0.303 e. The normalized spacial score (nSPS) is 20.9. The van der Waals surface area contributed by atoms with E-state index in [1.54, 1.807) is 0 Å². The molecule has 2 heteroatoms. The number of hydrogen-bond donors (Lipinski definition) is 1. The lowest BCUT2D eigenvalue weighted by Crippen LogP contribution is -2.33. The Kier molecular flexibility index (Phi) is 5.34. The zero-order valence-corrected chi connectivity index (χ0v) is 9.20. The summed E-state index contributed by atoms with van der Waals surface area (Å²) in [6.45, 7) is 3.25. The van der Waals surface area contributed by atoms with Gasteiger partial charge in [-0.05, 0) is 43.2 Å². The van der Waals surface area contributed by atoms with Crippen molar-refractivity contribution < 1.29 is 0 Å². The molecular formula is C11H19NS. The molecule has 0 aliphatic carbocycles. The Labute approximate surface area is 86.1 Å². The smallest absolute Gasteiger partial charge is 0.0684 e. The molecule has 0 radical (unpaired) electrons. The van der Waals surface area contributed by atoms with E-state index < -0.39 is 0 Å². The van der Waals surface area contributed by atoms with E-state index in [2.05, 4.69) is 29.9 Å². The number of nitrogens with one attached hydrogen (secondary N) is 1. The van der Waals surface area contributed by atoms with Crippen LogP contribution >= 0.6 is 11.8 Å². The van der Waals surface area contributed by atoms with Crippen LogP contribution < -0.4 is 5.32 Å². The Hall–Kier alpha value is -0.130. The molecule has 1 heterocycles. The molecular weight excluding hydrogens is 178 g/mol. The van der Waals surface area contributed by atoms with Gasteiger partial charge in [0.15, 0.2) is 0 Å². The third-order valence-corrected chi connectivity index (χ3v) is 3.65. The molecule has 0 saturated carbocycles. The van der Waals surface area contributed by atoms with E-state index >= 15 is 0 Å². The summed E-state index contributed by atoms with van der Waals surface area (Å²) in [5.41, 5.74) is 0. The molecule has 0 amide bonds. The van der Waals surface area contributed by atoms with Crippen LogP contribution in [0.3, 0.4) is 0 Å². The highest BCUT2D eigenvalue weighted by molar-refractivity contribution is 7.99. The Morgan fingerprint density at radius 1 is 1.54 bits per heavy atom. The van der Waals surface area contributed by atoms with Gasteiger partial charge in [-0.3, -0.25) is 0 Å². The lowest BCUT2D eigenvalue weighted by atomic mass is 10.0. The third kappa shape index (κ3) is 4.06. The van der Waals surface area contributed by atoms with Gasteiger partial charge in [-0.15, -0.1) is 6.42 Å². The Morgan fingerprint density at radius 3 is 2.77 bits per heavy atom. The second-order valence-electron chi connectivity index (χ2n) is 3.59. The average molecular weight is 197 g/mol. The van der Waals surface area contributed by atoms with Crippen molar-refractivity contribution in [2.24, 2.45) is 5.92 Å². The summed E-state index contributed by atoms with van der Waals surface area (Å²) in [6.07, 6.45) is 9.14. The van der Waals surface area contributed by atoms with E-state index in [4.69, 9.17) is 6.42 Å². The molecule has 1 rings (SSSR count). The fourth-order valence-corrected chi connectivity index (χ4v) is 2.78. The minimum Gasteiger partial charge on any atom is -0.303 e. The van der Waals surface area contributed by atoms with Crippen molar-refractivity contribution in [3.8, 4) is 12.3 Å². The van der Waals surface area contributed by atoms with Crippen LogP contribution in [-0.2, 0) is 0 Å². The van der Waals surface area contributed by atoms with Gasteiger partial charge in [0, 0.05) is 0 Å². The van der Waals surface area contributed by atoms with Crippen LogP contribution in [0.1, 0.15) is 26.2 Å². The molecule has 1 aliphatic heterocycles. The third-order valence-electron chi connectivity index (χ3n) is 2.60. The van der Waals surface area contributed by atoms with Gasteiger partial charge in [0.05, 0.1) is 6.04 Å². The molecule has 0 bridgehead atoms. The van der Waals surface area contributed by atoms with Gasteiger partial charge in [-0.2, -0.15) is 11.8 Å². The van der Waals surface area contributed by atoms with E-state index in [0.29, 0.717) is 0 Å². The highest BCUT2D eigenvalue weighted by Crippen LogP contribution is 2.21. The van der Waals surface area contributed by atoms with Crippen LogP contribution in [0.25, 0.3) is 0 Å². The zero-order chi connectivity index (χ0) is 9.52. The Balaban J connectivity index is 2.13. The van der Waals surface area contributed by atoms with Crippen molar-refractivity contribution in [2.45, 2.75) is 32.2 Å². The maximum absolute atomic E-state index is 5.38. The number of terminal acetylenes is 1. The number of hydrogen-bond acceptors (Lipinski definition) is 2. The highest BCUT2D eigenvalue weighted by Gasteiger charge is 2.14. The number of thioether (sulfide) groups is 1. The summed E-state index contributed by atoms with van der Waals surface area (Å²) in [7, 11) is 0. The standard InChI is InChI=1S/C11H19NS/c1-3-11(4-2)12-9-10-5-7-13-8-6-10/h1,10-12H,4-9H2,2H3. The molecule has 1 unspecified atom stereocenters. The van der Waals surface area contributed by atoms with Gasteiger partial charge in [-0.25, -0.2) is 0 Å². The summed E-state index contributed by atoms with van der Waals surface area (Å²) < 4.78 is 0. The van der Waals surface area contributed by atoms with Crippen LogP contribution in [0.15, 0.2) is 0 Å². The Morgan fingerprint density at radius 2 is 2.23 bits per heavy atom. The monoisotopic (exact) mass is 197 g/mol. The summed E-state index contributed by atoms with van der Waals surface area (Å²) in [5, 5.41) is 3.44. The molecule has 0 aromatic heterocycles. The second kappa shape index (κ2) is 6.34. The SMILES string of the molecule is C#CC(CC)NCC1CCSCC1. The fraction of sp³-hybridized carbons (Fsp3) is 0.818. The van der Waals surface area contributed by atoms with Crippen molar-refractivity contribution in [3.05, 3.63) is 0 Å². The topological polar surface area (TPSA) is 12.0 Å². The first-order chi connectivity index (χ1) is 6.36. The van der Waals surface area contributed by atoms with Gasteiger partial charge < -0.3 is 5.32 Å². The predicted molar refractivity (Wildman–Crippen MR) is 61.0 cm³/mol. The van der Waals surface area contributed by atoms with Crippen LogP contribution in [0.5, 0.6) is 0 Å². The van der Waals surface area contributed by atoms with Gasteiger partial charge in [-0.1, -0.05) is 12.8 Å². The first kappa shape index (κ1) is 10.9. The minimum atomic E-state index is 0.287. The van der Waals surface area contributed by atoms with E-state index in [9.17, 15) is 0 Å². The molecule has 13 heavy (non-hydrogen) atoms. The number of rotatable bonds is 4. The van der Waals surface area contributed by atoms with Crippen LogP contribution in [0, 0.1) is 18.3 Å². The molecule has 0 spiro atoms. The fourth-order valence-electron chi connectivity index (χ4n) is 1.58. The van der Waals surface area contributed by atoms with Crippen molar-refractivity contribution in [1.29, 1.82) is 0 Å². The van der Waals surface area contributed by atoms with Crippen molar-refractivity contribution in [3.63, 3.8) is 0 Å². The quantitative estimate of drug-likeness (QED) is 0.693. The van der Waals surface area contributed by atoms with Crippen molar-refractivity contribution in [2.75, 3.05) is 18.1 Å². The first-order valence-electron chi connectivity index (χ1n) is 5.14. The van der Waals surface area contributed by atoms with Crippen LogP contribution in [-0.4, -0.2) is 24.1 Å². The molecule has 0 aromatic rings. The van der Waals surface area contributed by atoms with Gasteiger partial charge in [0.1, 0.15) is 0 Å². The lowest BCUT2D eigenvalue weighted by Gasteiger charge is -2.23. The molecule has 0 aromatic carbocycles. The average Bonchev–Trinajstić information content (AvgIpc) is 2.21. The summed E-state index contributed by atoms with van der Waals surface area (Å²) in [5.74, 6) is 6.30. The van der Waals surface area contributed by atoms with E-state index in [1.165, 1.54) is 24.3 Å². The van der Waals surface area contributed by atoms with E-state index in [-0.39, 0.29) is 6.04 Å². The first-order valence-corrected chi connectivity index (χ1v) is 6.29. The van der Waals surface area contributed by atoms with Crippen LogP contribution in [0.4, 0.5) is 0 Å². The molecule has 1 fully saturated rings. The Bertz CT molecular complexity index is 167. The summed E-state index contributed by atoms with van der Waals surface area (Å²) in [4.78, 5) is 0. The van der Waals surface area contributed by atoms with Crippen molar-refractivity contribution >= 4 is 11.8 Å². The predicted octanol–water partition coefficient (Wildman–Crippen LogP) is 2.13. The maximum atomic E-state index is 5.38. The lowest BCUT2D eigenvalue weighted by molar-refractivity contribution is 0.429. The van der Waals surface area contributed by atoms with Crippen LogP contribution in [0.2, 0.25) is 0 Å². The van der Waals surface area contributed by atoms with Gasteiger partial charge in [0.2, 0.25) is 0 Å². The van der Waals surface area contributed by atoms with E-state index in [0.717, 1.165) is 18.9 Å². The summed E-state index contributed by atoms with van der Waals surface area (Å²) in [6, 6.07) is 0.287. The minimum absolute atomic E-state index is 0.287. The van der Waals surface area contributed by atoms with Gasteiger partial charge in [0.25, 0.3) is 0 Å². The molecule has 1 saturated heterocycles.